The fraction of sp³-hybridized carbons (Fsp3) is 0.200. The predicted molar refractivity (Wildman–Crippen MR) is 144 cm³/mol. The number of thioether (sulfide) groups is 1. The maximum atomic E-state index is 13.3. The van der Waals surface area contributed by atoms with Crippen molar-refractivity contribution in [1.82, 2.24) is 0 Å². The lowest BCUT2D eigenvalue weighted by Gasteiger charge is -2.18. The zero-order valence-corrected chi connectivity index (χ0v) is 21.1. The van der Waals surface area contributed by atoms with Gasteiger partial charge in [-0.3, -0.25) is 9.59 Å². The van der Waals surface area contributed by atoms with Gasteiger partial charge in [0.1, 0.15) is 11.5 Å². The molecular weight excluding hydrogens is 472 g/mol. The zero-order valence-electron chi connectivity index (χ0n) is 20.3. The van der Waals surface area contributed by atoms with E-state index in [2.05, 4.69) is 0 Å². The van der Waals surface area contributed by atoms with Crippen LogP contribution >= 0.6 is 11.8 Å². The summed E-state index contributed by atoms with van der Waals surface area (Å²) in [5.74, 6) is 0.403. The third kappa shape index (κ3) is 6.46. The van der Waals surface area contributed by atoms with Crippen LogP contribution in [0.2, 0.25) is 0 Å². The molecule has 0 amide bonds. The molecule has 184 valence electrons. The minimum atomic E-state index is -0.839. The van der Waals surface area contributed by atoms with Gasteiger partial charge in [-0.2, -0.15) is 0 Å². The molecule has 4 aromatic carbocycles. The third-order valence-electron chi connectivity index (χ3n) is 5.75. The van der Waals surface area contributed by atoms with Crippen molar-refractivity contribution in [2.75, 3.05) is 12.4 Å². The Labute approximate surface area is 215 Å². The number of carbonyl (C=O) groups excluding carboxylic acids is 1. The second kappa shape index (κ2) is 11.8. The van der Waals surface area contributed by atoms with E-state index in [1.807, 2.05) is 98.8 Å². The Morgan fingerprint density at radius 2 is 1.61 bits per heavy atom. The summed E-state index contributed by atoms with van der Waals surface area (Å²) < 4.78 is 12.2. The standard InChI is InChI=1S/C30H28O5S/c1-20-16-25(12-13-28(20)36-19-29(31)32)34-15-14-21(2)35-27-18-24-11-7-6-10-23(24)17-26(27)30(33)22-8-4-3-5-9-22/h3-13,16-18,21H,14-15,19H2,1-2H3,(H,31,32)/t21-/m1/s1. The quantitative estimate of drug-likeness (QED) is 0.181. The van der Waals surface area contributed by atoms with Crippen LogP contribution < -0.4 is 9.47 Å². The lowest BCUT2D eigenvalue weighted by Crippen LogP contribution is -2.17. The SMILES string of the molecule is Cc1cc(OCC[C@@H](C)Oc2cc3ccccc3cc2C(=O)c2ccccc2)ccc1SCC(=O)O. The van der Waals surface area contributed by atoms with E-state index in [1.54, 1.807) is 0 Å². The number of ketones is 1. The number of aliphatic carboxylic acids is 1. The Morgan fingerprint density at radius 1 is 0.917 bits per heavy atom. The van der Waals surface area contributed by atoms with Crippen LogP contribution in [0.15, 0.2) is 89.8 Å². The van der Waals surface area contributed by atoms with E-state index in [0.29, 0.717) is 29.9 Å². The molecule has 0 radical (unpaired) electrons. The van der Waals surface area contributed by atoms with E-state index in [1.165, 1.54) is 11.8 Å². The average molecular weight is 501 g/mol. The van der Waals surface area contributed by atoms with Crippen molar-refractivity contribution in [3.63, 3.8) is 0 Å². The average Bonchev–Trinajstić information content (AvgIpc) is 2.88. The molecular formula is C30H28O5S. The Bertz CT molecular complexity index is 1370. The second-order valence-corrected chi connectivity index (χ2v) is 9.58. The normalized spacial score (nSPS) is 11.7. The molecule has 0 bridgehead atoms. The van der Waals surface area contributed by atoms with Gasteiger partial charge in [0.05, 0.1) is 24.0 Å². The highest BCUT2D eigenvalue weighted by Crippen LogP contribution is 2.30. The summed E-state index contributed by atoms with van der Waals surface area (Å²) in [4.78, 5) is 25.0. The largest absolute Gasteiger partial charge is 0.493 e. The van der Waals surface area contributed by atoms with Crippen LogP contribution in [-0.2, 0) is 4.79 Å². The molecule has 0 spiro atoms. The van der Waals surface area contributed by atoms with Crippen molar-refractivity contribution in [1.29, 1.82) is 0 Å². The van der Waals surface area contributed by atoms with Crippen LogP contribution in [0.25, 0.3) is 10.8 Å². The van der Waals surface area contributed by atoms with E-state index in [9.17, 15) is 9.59 Å². The number of benzene rings is 4. The number of rotatable bonds is 11. The zero-order chi connectivity index (χ0) is 25.5. The predicted octanol–water partition coefficient (Wildman–Crippen LogP) is 6.79. The van der Waals surface area contributed by atoms with E-state index < -0.39 is 5.97 Å². The van der Waals surface area contributed by atoms with Crippen molar-refractivity contribution in [2.24, 2.45) is 0 Å². The molecule has 0 aromatic heterocycles. The number of fused-ring (bicyclic) bond motifs is 1. The highest BCUT2D eigenvalue weighted by Gasteiger charge is 2.18. The van der Waals surface area contributed by atoms with Crippen molar-refractivity contribution < 1.29 is 24.2 Å². The van der Waals surface area contributed by atoms with Crippen LogP contribution in [0, 0.1) is 6.92 Å². The first-order valence-electron chi connectivity index (χ1n) is 11.8. The number of hydrogen-bond donors (Lipinski definition) is 1. The van der Waals surface area contributed by atoms with Crippen molar-refractivity contribution in [3.8, 4) is 11.5 Å². The summed E-state index contributed by atoms with van der Waals surface area (Å²) in [7, 11) is 0. The molecule has 0 heterocycles. The Balaban J connectivity index is 1.43. The highest BCUT2D eigenvalue weighted by atomic mass is 32.2. The van der Waals surface area contributed by atoms with E-state index in [4.69, 9.17) is 14.6 Å². The monoisotopic (exact) mass is 500 g/mol. The number of hydrogen-bond acceptors (Lipinski definition) is 5. The lowest BCUT2D eigenvalue weighted by atomic mass is 9.98. The van der Waals surface area contributed by atoms with E-state index >= 15 is 0 Å². The lowest BCUT2D eigenvalue weighted by molar-refractivity contribution is -0.133. The summed E-state index contributed by atoms with van der Waals surface area (Å²) in [5.41, 5.74) is 2.13. The van der Waals surface area contributed by atoms with E-state index in [0.717, 1.165) is 27.0 Å². The smallest absolute Gasteiger partial charge is 0.313 e. The summed E-state index contributed by atoms with van der Waals surface area (Å²) in [6, 6.07) is 26.6. The van der Waals surface area contributed by atoms with Crippen molar-refractivity contribution in [3.05, 3.63) is 102 Å². The molecule has 0 aliphatic heterocycles. The molecule has 4 rings (SSSR count). The summed E-state index contributed by atoms with van der Waals surface area (Å²) in [5, 5.41) is 10.9. The van der Waals surface area contributed by atoms with Gasteiger partial charge >= 0.3 is 5.97 Å². The number of carbonyl (C=O) groups is 2. The minimum Gasteiger partial charge on any atom is -0.493 e. The molecule has 0 aliphatic carbocycles. The van der Waals surface area contributed by atoms with E-state index in [-0.39, 0.29) is 17.6 Å². The van der Waals surface area contributed by atoms with Gasteiger partial charge in [-0.25, -0.2) is 0 Å². The summed E-state index contributed by atoms with van der Waals surface area (Å²) in [6.07, 6.45) is 0.445. The molecule has 4 aromatic rings. The van der Waals surface area contributed by atoms with Gasteiger partial charge in [0.15, 0.2) is 5.78 Å². The Kier molecular flexibility index (Phi) is 8.28. The fourth-order valence-corrected chi connectivity index (χ4v) is 4.60. The Hall–Kier alpha value is -3.77. The molecule has 1 atom stereocenters. The Morgan fingerprint density at radius 3 is 2.31 bits per heavy atom. The van der Waals surface area contributed by atoms with Crippen LogP contribution in [-0.4, -0.2) is 35.3 Å². The molecule has 1 N–H and O–H groups in total. The van der Waals surface area contributed by atoms with Gasteiger partial charge in [0, 0.05) is 16.9 Å². The number of ether oxygens (including phenoxy) is 2. The first kappa shape index (κ1) is 25.3. The molecule has 6 heteroatoms. The maximum absolute atomic E-state index is 13.3. The third-order valence-corrected chi connectivity index (χ3v) is 6.91. The topological polar surface area (TPSA) is 72.8 Å². The van der Waals surface area contributed by atoms with Crippen molar-refractivity contribution >= 4 is 34.3 Å². The van der Waals surface area contributed by atoms with Gasteiger partial charge in [0.25, 0.3) is 0 Å². The van der Waals surface area contributed by atoms with Crippen molar-refractivity contribution in [2.45, 2.75) is 31.3 Å². The van der Waals surface area contributed by atoms with Crippen LogP contribution in [0.5, 0.6) is 11.5 Å². The molecule has 0 aliphatic rings. The fourth-order valence-electron chi connectivity index (χ4n) is 3.87. The molecule has 0 fully saturated rings. The molecule has 5 nitrogen and oxygen atoms in total. The van der Waals surface area contributed by atoms with Gasteiger partial charge in [-0.1, -0.05) is 54.6 Å². The molecule has 36 heavy (non-hydrogen) atoms. The molecule has 0 unspecified atom stereocenters. The van der Waals surface area contributed by atoms with Gasteiger partial charge in [-0.05, 0) is 60.5 Å². The van der Waals surface area contributed by atoms with Crippen LogP contribution in [0.1, 0.15) is 34.8 Å². The second-order valence-electron chi connectivity index (χ2n) is 8.57. The van der Waals surface area contributed by atoms with Crippen LogP contribution in [0.4, 0.5) is 0 Å². The maximum Gasteiger partial charge on any atom is 0.313 e. The first-order chi connectivity index (χ1) is 17.4. The molecule has 0 saturated heterocycles. The first-order valence-corrected chi connectivity index (χ1v) is 12.8. The highest BCUT2D eigenvalue weighted by molar-refractivity contribution is 8.00. The van der Waals surface area contributed by atoms with Crippen LogP contribution in [0.3, 0.4) is 0 Å². The van der Waals surface area contributed by atoms with Gasteiger partial charge in [-0.15, -0.1) is 11.8 Å². The number of carboxylic acids is 1. The van der Waals surface area contributed by atoms with Gasteiger partial charge in [0.2, 0.25) is 0 Å². The van der Waals surface area contributed by atoms with Gasteiger partial charge < -0.3 is 14.6 Å². The number of carboxylic acid groups (broad SMARTS) is 1. The molecule has 0 saturated carbocycles. The summed E-state index contributed by atoms with van der Waals surface area (Å²) in [6.45, 7) is 4.35. The number of aryl methyl sites for hydroxylation is 1. The summed E-state index contributed by atoms with van der Waals surface area (Å²) >= 11 is 1.29. The minimum absolute atomic E-state index is 0.0272.